The molecule has 30 heavy (non-hydrogen) atoms. The Bertz CT molecular complexity index is 1200. The molecule has 2 aromatic heterocycles. The monoisotopic (exact) mass is 424 g/mol. The smallest absolute Gasteiger partial charge is 0.323 e. The summed E-state index contributed by atoms with van der Waals surface area (Å²) >= 11 is 1.23. The van der Waals surface area contributed by atoms with Crippen LogP contribution in [0.25, 0.3) is 22.4 Å². The van der Waals surface area contributed by atoms with E-state index in [1.807, 2.05) is 18.2 Å². The minimum absolute atomic E-state index is 0.224. The summed E-state index contributed by atoms with van der Waals surface area (Å²) in [6, 6.07) is 13.6. The lowest BCUT2D eigenvalue weighted by molar-refractivity contribution is 0.208. The predicted molar refractivity (Wildman–Crippen MR) is 112 cm³/mol. The quantitative estimate of drug-likeness (QED) is 0.538. The highest BCUT2D eigenvalue weighted by Gasteiger charge is 2.25. The van der Waals surface area contributed by atoms with Crippen LogP contribution in [-0.4, -0.2) is 51.6 Å². The van der Waals surface area contributed by atoms with E-state index in [1.165, 1.54) is 17.6 Å². The van der Waals surface area contributed by atoms with Crippen LogP contribution in [0.1, 0.15) is 0 Å². The largest absolute Gasteiger partial charge is 0.354 e. The zero-order valence-electron chi connectivity index (χ0n) is 15.8. The van der Waals surface area contributed by atoms with Crippen molar-refractivity contribution in [3.8, 4) is 11.4 Å². The molecule has 8 nitrogen and oxygen atoms in total. The number of halogens is 1. The number of nitrogens with zero attached hydrogens (tertiary/aromatic N) is 5. The number of hydrogen-bond acceptors (Lipinski definition) is 7. The standard InChI is InChI=1S/C20H17FN6O2S/c21-15-7-3-1-5-13(15)18-23-20(30-25-18)27-11-9-26(10-12-27)19(28)22-17-14-6-2-4-8-16(14)29-24-17/h1-8H,9-12H2,(H,22,24,28). The highest BCUT2D eigenvalue weighted by Crippen LogP contribution is 2.27. The van der Waals surface area contributed by atoms with Gasteiger partial charge in [0.25, 0.3) is 0 Å². The minimum atomic E-state index is -0.344. The van der Waals surface area contributed by atoms with Crippen molar-refractivity contribution in [3.63, 3.8) is 0 Å². The Kier molecular flexibility index (Phi) is 4.75. The maximum atomic E-state index is 14.0. The number of anilines is 2. The minimum Gasteiger partial charge on any atom is -0.354 e. The molecule has 1 saturated heterocycles. The van der Waals surface area contributed by atoms with Crippen LogP contribution in [0.2, 0.25) is 0 Å². The molecule has 3 heterocycles. The molecular formula is C20H17FN6O2S. The van der Waals surface area contributed by atoms with Crippen LogP contribution in [0.3, 0.4) is 0 Å². The lowest BCUT2D eigenvalue weighted by Crippen LogP contribution is -2.50. The van der Waals surface area contributed by atoms with Gasteiger partial charge in [-0.15, -0.1) is 0 Å². The normalized spacial score (nSPS) is 14.3. The molecule has 1 aliphatic heterocycles. The Labute approximate surface area is 175 Å². The fraction of sp³-hybridized carbons (Fsp3) is 0.200. The summed E-state index contributed by atoms with van der Waals surface area (Å²) in [6.07, 6.45) is 0. The molecular weight excluding hydrogens is 407 g/mol. The molecule has 4 aromatic rings. The third kappa shape index (κ3) is 3.45. The molecule has 5 rings (SSSR count). The zero-order chi connectivity index (χ0) is 20.5. The number of fused-ring (bicyclic) bond motifs is 1. The van der Waals surface area contributed by atoms with Crippen molar-refractivity contribution in [1.29, 1.82) is 0 Å². The number of piperazine rings is 1. The molecule has 0 aliphatic carbocycles. The Morgan fingerprint density at radius 1 is 1.07 bits per heavy atom. The molecule has 1 N–H and O–H groups in total. The van der Waals surface area contributed by atoms with E-state index in [9.17, 15) is 9.18 Å². The van der Waals surface area contributed by atoms with Gasteiger partial charge in [0.05, 0.1) is 10.9 Å². The van der Waals surface area contributed by atoms with Crippen molar-refractivity contribution < 1.29 is 13.7 Å². The topological polar surface area (TPSA) is 87.4 Å². The lowest BCUT2D eigenvalue weighted by Gasteiger charge is -2.34. The SMILES string of the molecule is O=C(Nc1noc2ccccc12)N1CCN(c2nc(-c3ccccc3F)ns2)CC1. The number of amides is 2. The summed E-state index contributed by atoms with van der Waals surface area (Å²) < 4.78 is 23.5. The van der Waals surface area contributed by atoms with Crippen LogP contribution in [0.5, 0.6) is 0 Å². The molecule has 0 radical (unpaired) electrons. The van der Waals surface area contributed by atoms with Gasteiger partial charge in [-0.05, 0) is 24.3 Å². The fourth-order valence-electron chi connectivity index (χ4n) is 3.35. The van der Waals surface area contributed by atoms with Crippen LogP contribution in [0, 0.1) is 5.82 Å². The second-order valence-corrected chi connectivity index (χ2v) is 7.54. The number of nitrogens with one attached hydrogen (secondary N) is 1. The number of benzene rings is 2. The summed E-state index contributed by atoms with van der Waals surface area (Å²) in [5, 5.41) is 8.24. The molecule has 0 bridgehead atoms. The van der Waals surface area contributed by atoms with E-state index >= 15 is 0 Å². The van der Waals surface area contributed by atoms with Crippen LogP contribution < -0.4 is 10.2 Å². The Hall–Kier alpha value is -3.53. The number of para-hydroxylation sites is 1. The van der Waals surface area contributed by atoms with E-state index in [2.05, 4.69) is 24.7 Å². The van der Waals surface area contributed by atoms with E-state index in [4.69, 9.17) is 4.52 Å². The highest BCUT2D eigenvalue weighted by molar-refractivity contribution is 7.09. The first-order valence-corrected chi connectivity index (χ1v) is 10.2. The van der Waals surface area contributed by atoms with Gasteiger partial charge in [-0.1, -0.05) is 29.4 Å². The van der Waals surface area contributed by atoms with Gasteiger partial charge in [0.2, 0.25) is 5.13 Å². The first kappa shape index (κ1) is 18.5. The summed E-state index contributed by atoms with van der Waals surface area (Å²) in [4.78, 5) is 20.9. The van der Waals surface area contributed by atoms with Crippen molar-refractivity contribution >= 4 is 39.5 Å². The second kappa shape index (κ2) is 7.71. The van der Waals surface area contributed by atoms with E-state index in [0.29, 0.717) is 49.0 Å². The maximum absolute atomic E-state index is 14.0. The molecule has 2 amide bonds. The number of carbonyl (C=O) groups excluding carboxylic acids is 1. The van der Waals surface area contributed by atoms with Gasteiger partial charge in [0.15, 0.2) is 17.2 Å². The number of carbonyl (C=O) groups is 1. The fourth-order valence-corrected chi connectivity index (χ4v) is 4.09. The number of rotatable bonds is 3. The second-order valence-electron chi connectivity index (χ2n) is 6.81. The van der Waals surface area contributed by atoms with Gasteiger partial charge in [0.1, 0.15) is 5.82 Å². The average molecular weight is 424 g/mol. The highest BCUT2D eigenvalue weighted by atomic mass is 32.1. The summed E-state index contributed by atoms with van der Waals surface area (Å²) in [6.45, 7) is 2.27. The van der Waals surface area contributed by atoms with Crippen molar-refractivity contribution in [1.82, 2.24) is 19.4 Å². The van der Waals surface area contributed by atoms with Crippen LogP contribution >= 0.6 is 11.5 Å². The van der Waals surface area contributed by atoms with Gasteiger partial charge in [-0.2, -0.15) is 9.36 Å². The zero-order valence-corrected chi connectivity index (χ0v) is 16.6. The van der Waals surface area contributed by atoms with E-state index < -0.39 is 0 Å². The third-order valence-electron chi connectivity index (χ3n) is 4.97. The van der Waals surface area contributed by atoms with Crippen molar-refractivity contribution in [2.75, 3.05) is 36.4 Å². The molecule has 0 atom stereocenters. The molecule has 10 heteroatoms. The molecule has 0 saturated carbocycles. The Morgan fingerprint density at radius 2 is 1.83 bits per heavy atom. The van der Waals surface area contributed by atoms with Crippen LogP contribution in [-0.2, 0) is 0 Å². The summed E-state index contributed by atoms with van der Waals surface area (Å²) in [5.74, 6) is 0.451. The molecule has 2 aromatic carbocycles. The predicted octanol–water partition coefficient (Wildman–Crippen LogP) is 3.84. The van der Waals surface area contributed by atoms with Crippen LogP contribution in [0.4, 0.5) is 20.1 Å². The maximum Gasteiger partial charge on any atom is 0.323 e. The van der Waals surface area contributed by atoms with Crippen LogP contribution in [0.15, 0.2) is 53.1 Å². The average Bonchev–Trinajstić information content (AvgIpc) is 3.42. The van der Waals surface area contributed by atoms with Crippen molar-refractivity contribution in [2.45, 2.75) is 0 Å². The Balaban J connectivity index is 1.22. The summed E-state index contributed by atoms with van der Waals surface area (Å²) in [5.41, 5.74) is 1.01. The lowest BCUT2D eigenvalue weighted by atomic mass is 10.2. The number of urea groups is 1. The molecule has 152 valence electrons. The van der Waals surface area contributed by atoms with Crippen molar-refractivity contribution in [3.05, 3.63) is 54.3 Å². The third-order valence-corrected chi connectivity index (χ3v) is 5.75. The van der Waals surface area contributed by atoms with E-state index in [1.54, 1.807) is 29.2 Å². The molecule has 0 spiro atoms. The Morgan fingerprint density at radius 3 is 2.67 bits per heavy atom. The number of aromatic nitrogens is 3. The first-order chi connectivity index (χ1) is 14.7. The first-order valence-electron chi connectivity index (χ1n) is 9.43. The van der Waals surface area contributed by atoms with E-state index in [0.717, 1.165) is 10.5 Å². The molecule has 1 fully saturated rings. The molecule has 0 unspecified atom stereocenters. The van der Waals surface area contributed by atoms with Gasteiger partial charge in [-0.3, -0.25) is 5.32 Å². The van der Waals surface area contributed by atoms with Gasteiger partial charge >= 0.3 is 6.03 Å². The van der Waals surface area contributed by atoms with Gasteiger partial charge in [0, 0.05) is 37.7 Å². The summed E-state index contributed by atoms with van der Waals surface area (Å²) in [7, 11) is 0. The van der Waals surface area contributed by atoms with Gasteiger partial charge in [-0.25, -0.2) is 9.18 Å². The molecule has 1 aliphatic rings. The van der Waals surface area contributed by atoms with Gasteiger partial charge < -0.3 is 14.3 Å². The van der Waals surface area contributed by atoms with Crippen molar-refractivity contribution in [2.24, 2.45) is 0 Å². The van der Waals surface area contributed by atoms with E-state index in [-0.39, 0.29) is 11.8 Å². The number of hydrogen-bond donors (Lipinski definition) is 1.